The van der Waals surface area contributed by atoms with E-state index in [4.69, 9.17) is 15.4 Å². The Bertz CT molecular complexity index is 729. The number of urea groups is 1. The van der Waals surface area contributed by atoms with Crippen molar-refractivity contribution < 1.29 is 19.2 Å². The van der Waals surface area contributed by atoms with Gasteiger partial charge in [-0.15, -0.1) is 0 Å². The highest BCUT2D eigenvalue weighted by Crippen LogP contribution is 2.17. The lowest BCUT2D eigenvalue weighted by Gasteiger charge is -2.21. The van der Waals surface area contributed by atoms with Crippen LogP contribution in [0, 0.1) is 0 Å². The van der Waals surface area contributed by atoms with Crippen LogP contribution in [-0.4, -0.2) is 54.7 Å². The van der Waals surface area contributed by atoms with Crippen molar-refractivity contribution in [3.05, 3.63) is 29.9 Å². The van der Waals surface area contributed by atoms with Crippen molar-refractivity contribution in [2.75, 3.05) is 6.54 Å². The number of aromatic amines is 1. The summed E-state index contributed by atoms with van der Waals surface area (Å²) >= 11 is 0. The number of H-pyrrole nitrogens is 1. The Balaban J connectivity index is 1.53. The number of likely N-dealkylation sites (tertiary alicyclic amines) is 1. The summed E-state index contributed by atoms with van der Waals surface area (Å²) in [5.74, 6) is -0.476. The molecule has 3 rings (SSSR count). The normalized spacial score (nSPS) is 18.3. The molecule has 11 heteroatoms. The quantitative estimate of drug-likeness (QED) is 0.556. The van der Waals surface area contributed by atoms with Crippen molar-refractivity contribution in [1.82, 2.24) is 30.3 Å². The average molecular weight is 349 g/mol. The monoisotopic (exact) mass is 349 g/mol. The number of carboxylic acids is 1. The number of aromatic nitrogens is 4. The van der Waals surface area contributed by atoms with Crippen LogP contribution in [0.25, 0.3) is 0 Å². The number of hydrogen-bond acceptors (Lipinski definition) is 7. The fourth-order valence-corrected chi connectivity index (χ4v) is 2.73. The van der Waals surface area contributed by atoms with Gasteiger partial charge >= 0.3 is 12.0 Å². The summed E-state index contributed by atoms with van der Waals surface area (Å²) in [6.07, 6.45) is 4.81. The number of rotatable bonds is 6. The number of hydrogen-bond donors (Lipinski definition) is 4. The van der Waals surface area contributed by atoms with E-state index >= 15 is 0 Å². The molecule has 25 heavy (non-hydrogen) atoms. The van der Waals surface area contributed by atoms with E-state index in [9.17, 15) is 9.59 Å². The van der Waals surface area contributed by atoms with Gasteiger partial charge in [-0.25, -0.2) is 14.6 Å². The van der Waals surface area contributed by atoms with E-state index in [1.54, 1.807) is 12.5 Å². The molecule has 134 valence electrons. The van der Waals surface area contributed by atoms with Crippen LogP contribution in [0.1, 0.15) is 36.3 Å². The number of carbonyl (C=O) groups is 2. The third-order valence-corrected chi connectivity index (χ3v) is 4.00. The zero-order valence-electron chi connectivity index (χ0n) is 13.4. The first kappa shape index (κ1) is 16.9. The van der Waals surface area contributed by atoms with Gasteiger partial charge in [0.1, 0.15) is 6.04 Å². The van der Waals surface area contributed by atoms with Gasteiger partial charge in [0.15, 0.2) is 5.82 Å². The second-order valence-electron chi connectivity index (χ2n) is 5.78. The number of aliphatic carboxylic acids is 1. The van der Waals surface area contributed by atoms with E-state index in [1.807, 2.05) is 0 Å². The summed E-state index contributed by atoms with van der Waals surface area (Å²) in [7, 11) is 0. The van der Waals surface area contributed by atoms with E-state index in [0.29, 0.717) is 31.6 Å². The second kappa shape index (κ2) is 7.30. The average Bonchev–Trinajstić information content (AvgIpc) is 3.32. The Labute approximate surface area is 142 Å². The standard InChI is InChI=1S/C14H19N7O4/c15-9(4-8-5-16-7-18-8)12-19-11(25-20-12)6-17-14(24)21-3-1-2-10(21)13(22)23/h5,7,9-10H,1-4,6,15H2,(H,16,18)(H,17,24)(H,22,23)/t9-,10+/m0/s1. The van der Waals surface area contributed by atoms with Gasteiger partial charge < -0.3 is 30.6 Å². The Morgan fingerprint density at radius 2 is 2.40 bits per heavy atom. The maximum absolute atomic E-state index is 12.1. The van der Waals surface area contributed by atoms with Crippen LogP contribution < -0.4 is 11.1 Å². The predicted octanol–water partition coefficient (Wildman–Crippen LogP) is -0.206. The van der Waals surface area contributed by atoms with Gasteiger partial charge in [-0.1, -0.05) is 5.16 Å². The van der Waals surface area contributed by atoms with Crippen LogP contribution in [-0.2, 0) is 17.8 Å². The van der Waals surface area contributed by atoms with E-state index in [-0.39, 0.29) is 12.4 Å². The first-order chi connectivity index (χ1) is 12.0. The first-order valence-corrected chi connectivity index (χ1v) is 7.87. The molecule has 3 heterocycles. The SMILES string of the molecule is N[C@@H](Cc1cnc[nH]1)c1noc(CNC(=O)N2CCC[C@@H]2C(=O)O)n1. The molecule has 0 aliphatic carbocycles. The number of amides is 2. The largest absolute Gasteiger partial charge is 0.480 e. The molecule has 0 spiro atoms. The molecule has 2 aromatic rings. The molecule has 5 N–H and O–H groups in total. The molecule has 2 atom stereocenters. The van der Waals surface area contributed by atoms with Crippen molar-refractivity contribution in [3.63, 3.8) is 0 Å². The number of carboxylic acid groups (broad SMARTS) is 1. The molecule has 1 aliphatic rings. The topological polar surface area (TPSA) is 163 Å². The van der Waals surface area contributed by atoms with Gasteiger partial charge in [0.2, 0.25) is 5.89 Å². The summed E-state index contributed by atoms with van der Waals surface area (Å²) < 4.78 is 5.08. The lowest BCUT2D eigenvalue weighted by molar-refractivity contribution is -0.141. The third kappa shape index (κ3) is 3.94. The number of carbonyl (C=O) groups excluding carboxylic acids is 1. The van der Waals surface area contributed by atoms with Crippen LogP contribution in [0.15, 0.2) is 17.0 Å². The van der Waals surface area contributed by atoms with Crippen LogP contribution >= 0.6 is 0 Å². The molecular formula is C14H19N7O4. The summed E-state index contributed by atoms with van der Waals surface area (Å²) in [4.78, 5) is 35.5. The van der Waals surface area contributed by atoms with Crippen molar-refractivity contribution in [2.45, 2.75) is 37.9 Å². The zero-order valence-corrected chi connectivity index (χ0v) is 13.4. The van der Waals surface area contributed by atoms with Crippen LogP contribution in [0.4, 0.5) is 4.79 Å². The van der Waals surface area contributed by atoms with E-state index < -0.39 is 24.1 Å². The summed E-state index contributed by atoms with van der Waals surface area (Å²) in [6, 6.07) is -1.73. The zero-order chi connectivity index (χ0) is 17.8. The molecule has 0 bridgehead atoms. The van der Waals surface area contributed by atoms with Crippen LogP contribution in [0.3, 0.4) is 0 Å². The molecule has 1 fully saturated rings. The minimum atomic E-state index is -1.00. The Kier molecular flexibility index (Phi) is 4.93. The Hall–Kier alpha value is -2.95. The number of nitrogens with zero attached hydrogens (tertiary/aromatic N) is 4. The van der Waals surface area contributed by atoms with Crippen molar-refractivity contribution >= 4 is 12.0 Å². The molecule has 1 aliphatic heterocycles. The van der Waals surface area contributed by atoms with E-state index in [2.05, 4.69) is 25.4 Å². The van der Waals surface area contributed by atoms with Gasteiger partial charge in [-0.3, -0.25) is 0 Å². The van der Waals surface area contributed by atoms with Crippen LogP contribution in [0.2, 0.25) is 0 Å². The molecule has 2 amide bonds. The van der Waals surface area contributed by atoms with E-state index in [0.717, 1.165) is 5.69 Å². The molecule has 11 nitrogen and oxygen atoms in total. The highest BCUT2D eigenvalue weighted by atomic mass is 16.5. The fourth-order valence-electron chi connectivity index (χ4n) is 2.73. The van der Waals surface area contributed by atoms with Gasteiger partial charge in [0.05, 0.1) is 18.9 Å². The molecule has 0 radical (unpaired) electrons. The number of nitrogens with two attached hydrogens (primary N) is 1. The Morgan fingerprint density at radius 3 is 3.12 bits per heavy atom. The maximum Gasteiger partial charge on any atom is 0.326 e. The first-order valence-electron chi connectivity index (χ1n) is 7.87. The predicted molar refractivity (Wildman–Crippen MR) is 83.1 cm³/mol. The molecule has 0 unspecified atom stereocenters. The van der Waals surface area contributed by atoms with Crippen LogP contribution in [0.5, 0.6) is 0 Å². The summed E-state index contributed by atoms with van der Waals surface area (Å²) in [5.41, 5.74) is 6.86. The van der Waals surface area contributed by atoms with Crippen molar-refractivity contribution in [1.29, 1.82) is 0 Å². The number of nitrogens with one attached hydrogen (secondary N) is 2. The smallest absolute Gasteiger partial charge is 0.326 e. The number of imidazole rings is 1. The molecule has 1 saturated heterocycles. The summed E-state index contributed by atoms with van der Waals surface area (Å²) in [5, 5.41) is 15.5. The van der Waals surface area contributed by atoms with Crippen molar-refractivity contribution in [3.8, 4) is 0 Å². The lowest BCUT2D eigenvalue weighted by Crippen LogP contribution is -2.45. The fraction of sp³-hybridized carbons (Fsp3) is 0.500. The highest BCUT2D eigenvalue weighted by molar-refractivity contribution is 5.83. The second-order valence-corrected chi connectivity index (χ2v) is 5.78. The third-order valence-electron chi connectivity index (χ3n) is 4.00. The molecule has 0 aromatic carbocycles. The van der Waals surface area contributed by atoms with Gasteiger partial charge in [0, 0.05) is 24.9 Å². The minimum Gasteiger partial charge on any atom is -0.480 e. The van der Waals surface area contributed by atoms with Gasteiger partial charge in [-0.05, 0) is 12.8 Å². The van der Waals surface area contributed by atoms with Gasteiger partial charge in [0.25, 0.3) is 0 Å². The highest BCUT2D eigenvalue weighted by Gasteiger charge is 2.34. The Morgan fingerprint density at radius 1 is 1.56 bits per heavy atom. The van der Waals surface area contributed by atoms with E-state index in [1.165, 1.54) is 4.90 Å². The van der Waals surface area contributed by atoms with Crippen molar-refractivity contribution in [2.24, 2.45) is 5.73 Å². The molecule has 0 saturated carbocycles. The molecule has 2 aromatic heterocycles. The summed E-state index contributed by atoms with van der Waals surface area (Å²) in [6.45, 7) is 0.415. The maximum atomic E-state index is 12.1. The molecular weight excluding hydrogens is 330 g/mol. The van der Waals surface area contributed by atoms with Gasteiger partial charge in [-0.2, -0.15) is 4.98 Å². The minimum absolute atomic E-state index is 0.00541. The lowest BCUT2D eigenvalue weighted by atomic mass is 10.2.